The molecule has 1 unspecified atom stereocenters. The van der Waals surface area contributed by atoms with Crippen molar-refractivity contribution in [2.75, 3.05) is 0 Å². The Hall–Kier alpha value is -0.800. The monoisotopic (exact) mass is 261 g/mol. The molecule has 3 nitrogen and oxygen atoms in total. The van der Waals surface area contributed by atoms with E-state index in [4.69, 9.17) is 27.9 Å². The second-order valence-electron chi connectivity index (χ2n) is 3.48. The van der Waals surface area contributed by atoms with Gasteiger partial charge in [-0.2, -0.15) is 0 Å². The van der Waals surface area contributed by atoms with Crippen LogP contribution in [-0.4, -0.2) is 17.1 Å². The van der Waals surface area contributed by atoms with Gasteiger partial charge in [-0.05, 0) is 25.5 Å². The summed E-state index contributed by atoms with van der Waals surface area (Å²) in [6.45, 7) is 3.87. The molecule has 88 valence electrons. The molecular weight excluding hydrogens is 249 g/mol. The molecule has 0 N–H and O–H groups in total. The van der Waals surface area contributed by atoms with Crippen LogP contribution in [0.2, 0.25) is 10.3 Å². The lowest BCUT2D eigenvalue weighted by atomic mass is 10.2. The summed E-state index contributed by atoms with van der Waals surface area (Å²) in [5.74, 6) is -0.463. The Bertz CT molecular complexity index is 382. The van der Waals surface area contributed by atoms with Gasteiger partial charge in [-0.25, -0.2) is 9.78 Å². The molecule has 0 saturated carbocycles. The quantitative estimate of drug-likeness (QED) is 0.613. The summed E-state index contributed by atoms with van der Waals surface area (Å²) < 4.78 is 5.19. The lowest BCUT2D eigenvalue weighted by Crippen LogP contribution is -2.15. The average Bonchev–Trinajstić information content (AvgIpc) is 2.17. The van der Waals surface area contributed by atoms with Gasteiger partial charge in [-0.3, -0.25) is 0 Å². The van der Waals surface area contributed by atoms with E-state index in [1.54, 1.807) is 0 Å². The van der Waals surface area contributed by atoms with Crippen molar-refractivity contribution in [3.63, 3.8) is 0 Å². The minimum atomic E-state index is -0.463. The van der Waals surface area contributed by atoms with Crippen molar-refractivity contribution in [3.05, 3.63) is 28.0 Å². The first-order valence-electron chi connectivity index (χ1n) is 5.07. The number of ether oxygens (including phenoxy) is 1. The van der Waals surface area contributed by atoms with Gasteiger partial charge in [0, 0.05) is 0 Å². The van der Waals surface area contributed by atoms with Crippen LogP contribution in [-0.2, 0) is 4.74 Å². The maximum Gasteiger partial charge on any atom is 0.341 e. The number of esters is 1. The van der Waals surface area contributed by atoms with Gasteiger partial charge in [0.25, 0.3) is 0 Å². The van der Waals surface area contributed by atoms with Gasteiger partial charge >= 0.3 is 5.97 Å². The Balaban J connectivity index is 2.73. The molecule has 1 rings (SSSR count). The molecule has 0 spiro atoms. The highest BCUT2D eigenvalue weighted by Crippen LogP contribution is 2.18. The zero-order valence-corrected chi connectivity index (χ0v) is 10.7. The number of rotatable bonds is 4. The van der Waals surface area contributed by atoms with E-state index in [9.17, 15) is 4.79 Å². The summed E-state index contributed by atoms with van der Waals surface area (Å²) in [6, 6.07) is 3.02. The predicted molar refractivity (Wildman–Crippen MR) is 64.0 cm³/mol. The Labute approximate surface area is 105 Å². The molecule has 0 aliphatic heterocycles. The fraction of sp³-hybridized carbons (Fsp3) is 0.455. The maximum absolute atomic E-state index is 11.7. The van der Waals surface area contributed by atoms with E-state index in [2.05, 4.69) is 4.98 Å². The number of carbonyl (C=O) groups is 1. The Morgan fingerprint density at radius 1 is 1.50 bits per heavy atom. The number of carbonyl (C=O) groups excluding carboxylic acids is 1. The smallest absolute Gasteiger partial charge is 0.341 e. The molecule has 1 aromatic heterocycles. The molecule has 0 aliphatic carbocycles. The summed E-state index contributed by atoms with van der Waals surface area (Å²) in [5.41, 5.74) is 0.244. The molecule has 5 heteroatoms. The molecule has 1 aromatic rings. The SMILES string of the molecule is CCCC(C)OC(=O)c1ccc(Cl)nc1Cl. The normalized spacial score (nSPS) is 12.2. The van der Waals surface area contributed by atoms with Gasteiger partial charge in [0.1, 0.15) is 10.3 Å². The molecule has 0 amide bonds. The van der Waals surface area contributed by atoms with Crippen molar-refractivity contribution in [1.29, 1.82) is 0 Å². The van der Waals surface area contributed by atoms with Gasteiger partial charge in [0.05, 0.1) is 11.7 Å². The highest BCUT2D eigenvalue weighted by Gasteiger charge is 2.15. The fourth-order valence-corrected chi connectivity index (χ4v) is 1.70. The third-order valence-electron chi connectivity index (χ3n) is 2.04. The first-order valence-corrected chi connectivity index (χ1v) is 5.83. The number of hydrogen-bond donors (Lipinski definition) is 0. The number of hydrogen-bond acceptors (Lipinski definition) is 3. The van der Waals surface area contributed by atoms with Crippen molar-refractivity contribution in [2.45, 2.75) is 32.8 Å². The van der Waals surface area contributed by atoms with Crippen molar-refractivity contribution < 1.29 is 9.53 Å². The van der Waals surface area contributed by atoms with Crippen molar-refractivity contribution in [3.8, 4) is 0 Å². The van der Waals surface area contributed by atoms with Crippen LogP contribution in [0.4, 0.5) is 0 Å². The van der Waals surface area contributed by atoms with Crippen molar-refractivity contribution in [2.24, 2.45) is 0 Å². The lowest BCUT2D eigenvalue weighted by molar-refractivity contribution is 0.0323. The van der Waals surface area contributed by atoms with Crippen LogP contribution in [0, 0.1) is 0 Å². The Morgan fingerprint density at radius 2 is 2.19 bits per heavy atom. The minimum absolute atomic E-state index is 0.0706. The maximum atomic E-state index is 11.7. The van der Waals surface area contributed by atoms with E-state index < -0.39 is 5.97 Å². The van der Waals surface area contributed by atoms with E-state index in [1.165, 1.54) is 12.1 Å². The van der Waals surface area contributed by atoms with E-state index in [-0.39, 0.29) is 22.0 Å². The Morgan fingerprint density at radius 3 is 2.75 bits per heavy atom. The van der Waals surface area contributed by atoms with Crippen LogP contribution >= 0.6 is 23.2 Å². The highest BCUT2D eigenvalue weighted by atomic mass is 35.5. The molecule has 0 fully saturated rings. The van der Waals surface area contributed by atoms with Crippen LogP contribution in [0.3, 0.4) is 0 Å². The van der Waals surface area contributed by atoms with Crippen LogP contribution in [0.1, 0.15) is 37.0 Å². The van der Waals surface area contributed by atoms with Crippen molar-refractivity contribution >= 4 is 29.2 Å². The summed E-state index contributed by atoms with van der Waals surface area (Å²) in [6.07, 6.45) is 1.66. The summed E-state index contributed by atoms with van der Waals surface area (Å²) in [7, 11) is 0. The summed E-state index contributed by atoms with van der Waals surface area (Å²) in [5, 5.41) is 0.323. The largest absolute Gasteiger partial charge is 0.459 e. The summed E-state index contributed by atoms with van der Waals surface area (Å²) in [4.78, 5) is 15.5. The number of aromatic nitrogens is 1. The zero-order chi connectivity index (χ0) is 12.1. The first-order chi connectivity index (χ1) is 7.54. The second kappa shape index (κ2) is 6.06. The average molecular weight is 262 g/mol. The third-order valence-corrected chi connectivity index (χ3v) is 2.54. The summed E-state index contributed by atoms with van der Waals surface area (Å²) >= 11 is 11.4. The number of nitrogens with zero attached hydrogens (tertiary/aromatic N) is 1. The van der Waals surface area contributed by atoms with E-state index in [0.717, 1.165) is 12.8 Å². The number of halogens is 2. The van der Waals surface area contributed by atoms with Gasteiger partial charge in [0.15, 0.2) is 0 Å². The molecule has 0 aliphatic rings. The fourth-order valence-electron chi connectivity index (χ4n) is 1.28. The standard InChI is InChI=1S/C11H13Cl2NO2/c1-3-4-7(2)16-11(15)8-5-6-9(12)14-10(8)13/h5-7H,3-4H2,1-2H3. The Kier molecular flexibility index (Phi) is 5.03. The first kappa shape index (κ1) is 13.3. The van der Waals surface area contributed by atoms with Gasteiger partial charge in [0.2, 0.25) is 0 Å². The van der Waals surface area contributed by atoms with Crippen LogP contribution in [0.25, 0.3) is 0 Å². The molecule has 0 bridgehead atoms. The topological polar surface area (TPSA) is 39.2 Å². The molecule has 1 heterocycles. The van der Waals surface area contributed by atoms with Crippen LogP contribution in [0.5, 0.6) is 0 Å². The predicted octanol–water partition coefficient (Wildman–Crippen LogP) is 3.73. The van der Waals surface area contributed by atoms with Crippen LogP contribution in [0.15, 0.2) is 12.1 Å². The van der Waals surface area contributed by atoms with E-state index in [0.29, 0.717) is 0 Å². The van der Waals surface area contributed by atoms with Crippen LogP contribution < -0.4 is 0 Å². The third kappa shape index (κ3) is 3.65. The minimum Gasteiger partial charge on any atom is -0.459 e. The second-order valence-corrected chi connectivity index (χ2v) is 4.22. The molecule has 0 radical (unpaired) electrons. The molecule has 1 atom stereocenters. The van der Waals surface area contributed by atoms with Gasteiger partial charge in [-0.1, -0.05) is 36.5 Å². The highest BCUT2D eigenvalue weighted by molar-refractivity contribution is 6.34. The van der Waals surface area contributed by atoms with E-state index >= 15 is 0 Å². The number of pyridine rings is 1. The molecule has 0 aromatic carbocycles. The zero-order valence-electron chi connectivity index (χ0n) is 9.17. The van der Waals surface area contributed by atoms with E-state index in [1.807, 2.05) is 13.8 Å². The van der Waals surface area contributed by atoms with Gasteiger partial charge in [-0.15, -0.1) is 0 Å². The molecular formula is C11H13Cl2NO2. The lowest BCUT2D eigenvalue weighted by Gasteiger charge is -2.12. The van der Waals surface area contributed by atoms with Crippen molar-refractivity contribution in [1.82, 2.24) is 4.98 Å². The van der Waals surface area contributed by atoms with Gasteiger partial charge < -0.3 is 4.74 Å². The molecule has 16 heavy (non-hydrogen) atoms. The molecule has 0 saturated heterocycles.